The van der Waals surface area contributed by atoms with Crippen LogP contribution in [0.5, 0.6) is 0 Å². The standard InChI is InChI=1S/C16H13NO2/c18-11-12-6-8-14(9-7-12)16-17-10-15(19-16)13-4-2-1-3-5-13/h1-10,18H,11H2. The zero-order chi connectivity index (χ0) is 13.1. The molecule has 0 fully saturated rings. The Hall–Kier alpha value is -2.39. The molecule has 0 aliphatic carbocycles. The van der Waals surface area contributed by atoms with Crippen molar-refractivity contribution in [2.75, 3.05) is 0 Å². The predicted molar refractivity (Wildman–Crippen MR) is 73.3 cm³/mol. The lowest BCUT2D eigenvalue weighted by atomic mass is 10.1. The molecule has 0 atom stereocenters. The van der Waals surface area contributed by atoms with Crippen LogP contribution in [0.4, 0.5) is 0 Å². The van der Waals surface area contributed by atoms with Crippen molar-refractivity contribution in [1.29, 1.82) is 0 Å². The maximum Gasteiger partial charge on any atom is 0.226 e. The van der Waals surface area contributed by atoms with Gasteiger partial charge >= 0.3 is 0 Å². The molecule has 0 saturated heterocycles. The van der Waals surface area contributed by atoms with Crippen molar-refractivity contribution in [3.05, 3.63) is 66.4 Å². The smallest absolute Gasteiger partial charge is 0.226 e. The lowest BCUT2D eigenvalue weighted by Crippen LogP contribution is -1.82. The van der Waals surface area contributed by atoms with Gasteiger partial charge in [0.1, 0.15) is 0 Å². The summed E-state index contributed by atoms with van der Waals surface area (Å²) >= 11 is 0. The molecule has 1 N–H and O–H groups in total. The first kappa shape index (κ1) is 11.7. The third-order valence-electron chi connectivity index (χ3n) is 2.95. The van der Waals surface area contributed by atoms with Crippen LogP contribution in [0.2, 0.25) is 0 Å². The van der Waals surface area contributed by atoms with Gasteiger partial charge in [0.2, 0.25) is 5.89 Å². The quantitative estimate of drug-likeness (QED) is 0.775. The molecule has 19 heavy (non-hydrogen) atoms. The van der Waals surface area contributed by atoms with Crippen molar-refractivity contribution in [3.63, 3.8) is 0 Å². The van der Waals surface area contributed by atoms with Gasteiger partial charge in [0, 0.05) is 11.1 Å². The zero-order valence-corrected chi connectivity index (χ0v) is 10.3. The molecular formula is C16H13NO2. The highest BCUT2D eigenvalue weighted by molar-refractivity contribution is 5.61. The van der Waals surface area contributed by atoms with Crippen LogP contribution in [-0.4, -0.2) is 10.1 Å². The minimum absolute atomic E-state index is 0.0428. The van der Waals surface area contributed by atoms with Crippen LogP contribution in [0.1, 0.15) is 5.56 Å². The van der Waals surface area contributed by atoms with E-state index in [2.05, 4.69) is 4.98 Å². The number of hydrogen-bond donors (Lipinski definition) is 1. The van der Waals surface area contributed by atoms with E-state index in [1.165, 1.54) is 0 Å². The van der Waals surface area contributed by atoms with Gasteiger partial charge in [0.05, 0.1) is 12.8 Å². The predicted octanol–water partition coefficient (Wildman–Crippen LogP) is 3.50. The molecule has 1 heterocycles. The van der Waals surface area contributed by atoms with E-state index in [0.717, 1.165) is 22.5 Å². The third kappa shape index (κ3) is 2.41. The number of nitrogens with zero attached hydrogens (tertiary/aromatic N) is 1. The van der Waals surface area contributed by atoms with Crippen LogP contribution in [0.25, 0.3) is 22.8 Å². The van der Waals surface area contributed by atoms with Crippen LogP contribution in [-0.2, 0) is 6.61 Å². The average Bonchev–Trinajstić information content (AvgIpc) is 2.98. The van der Waals surface area contributed by atoms with Gasteiger partial charge in [0.15, 0.2) is 5.76 Å². The number of aliphatic hydroxyl groups is 1. The molecule has 94 valence electrons. The molecule has 2 aromatic carbocycles. The molecule has 0 saturated carbocycles. The number of oxazole rings is 1. The first-order valence-corrected chi connectivity index (χ1v) is 6.08. The Morgan fingerprint density at radius 3 is 2.32 bits per heavy atom. The second-order valence-electron chi connectivity index (χ2n) is 4.25. The van der Waals surface area contributed by atoms with E-state index in [0.29, 0.717) is 5.89 Å². The Kier molecular flexibility index (Phi) is 3.12. The van der Waals surface area contributed by atoms with Crippen molar-refractivity contribution in [2.45, 2.75) is 6.61 Å². The summed E-state index contributed by atoms with van der Waals surface area (Å²) in [5, 5.41) is 9.01. The van der Waals surface area contributed by atoms with E-state index >= 15 is 0 Å². The number of benzene rings is 2. The highest BCUT2D eigenvalue weighted by atomic mass is 16.4. The maximum atomic E-state index is 9.01. The molecule has 3 rings (SSSR count). The Morgan fingerprint density at radius 1 is 0.895 bits per heavy atom. The van der Waals surface area contributed by atoms with Gasteiger partial charge in [-0.1, -0.05) is 42.5 Å². The second kappa shape index (κ2) is 5.08. The summed E-state index contributed by atoms with van der Waals surface area (Å²) in [5.41, 5.74) is 2.78. The minimum Gasteiger partial charge on any atom is -0.436 e. The molecule has 0 spiro atoms. The highest BCUT2D eigenvalue weighted by Crippen LogP contribution is 2.25. The molecule has 0 bridgehead atoms. The first-order chi connectivity index (χ1) is 9.36. The molecule has 0 aliphatic heterocycles. The van der Waals surface area contributed by atoms with Crippen molar-refractivity contribution < 1.29 is 9.52 Å². The van der Waals surface area contributed by atoms with Gasteiger partial charge < -0.3 is 9.52 Å². The Labute approximate surface area is 111 Å². The molecule has 3 nitrogen and oxygen atoms in total. The molecule has 0 unspecified atom stereocenters. The van der Waals surface area contributed by atoms with Gasteiger partial charge in [0.25, 0.3) is 0 Å². The van der Waals surface area contributed by atoms with Crippen LogP contribution in [0.15, 0.2) is 65.2 Å². The molecule has 3 aromatic rings. The summed E-state index contributed by atoms with van der Waals surface area (Å²) in [4.78, 5) is 4.29. The summed E-state index contributed by atoms with van der Waals surface area (Å²) in [6.07, 6.45) is 1.73. The van der Waals surface area contributed by atoms with Gasteiger partial charge in [-0.15, -0.1) is 0 Å². The second-order valence-corrected chi connectivity index (χ2v) is 4.25. The van der Waals surface area contributed by atoms with E-state index in [-0.39, 0.29) is 6.61 Å². The monoisotopic (exact) mass is 251 g/mol. The normalized spacial score (nSPS) is 10.6. The van der Waals surface area contributed by atoms with Crippen molar-refractivity contribution in [1.82, 2.24) is 4.98 Å². The summed E-state index contributed by atoms with van der Waals surface area (Å²) < 4.78 is 5.76. The molecule has 1 aromatic heterocycles. The van der Waals surface area contributed by atoms with Crippen molar-refractivity contribution in [2.24, 2.45) is 0 Å². The number of rotatable bonds is 3. The Bertz CT molecular complexity index is 657. The van der Waals surface area contributed by atoms with E-state index in [1.54, 1.807) is 6.20 Å². The van der Waals surface area contributed by atoms with E-state index in [4.69, 9.17) is 9.52 Å². The third-order valence-corrected chi connectivity index (χ3v) is 2.95. The summed E-state index contributed by atoms with van der Waals surface area (Å²) in [6, 6.07) is 17.4. The van der Waals surface area contributed by atoms with E-state index in [9.17, 15) is 0 Å². The highest BCUT2D eigenvalue weighted by Gasteiger charge is 2.07. The number of hydrogen-bond acceptors (Lipinski definition) is 3. The number of aromatic nitrogens is 1. The van der Waals surface area contributed by atoms with Gasteiger partial charge in [-0.25, -0.2) is 4.98 Å². The summed E-state index contributed by atoms with van der Waals surface area (Å²) in [5.74, 6) is 1.34. The molecule has 0 aliphatic rings. The lowest BCUT2D eigenvalue weighted by molar-refractivity contribution is 0.282. The summed E-state index contributed by atoms with van der Waals surface area (Å²) in [6.45, 7) is 0.0428. The van der Waals surface area contributed by atoms with E-state index < -0.39 is 0 Å². The average molecular weight is 251 g/mol. The lowest BCUT2D eigenvalue weighted by Gasteiger charge is -1.98. The van der Waals surface area contributed by atoms with Crippen molar-refractivity contribution in [3.8, 4) is 22.8 Å². The fourth-order valence-electron chi connectivity index (χ4n) is 1.90. The maximum absolute atomic E-state index is 9.01. The van der Waals surface area contributed by atoms with Crippen molar-refractivity contribution >= 4 is 0 Å². The SMILES string of the molecule is OCc1ccc(-c2ncc(-c3ccccc3)o2)cc1. The molecule has 3 heteroatoms. The van der Waals surface area contributed by atoms with Crippen LogP contribution in [0.3, 0.4) is 0 Å². The van der Waals surface area contributed by atoms with Crippen LogP contribution >= 0.6 is 0 Å². The van der Waals surface area contributed by atoms with Gasteiger partial charge in [-0.3, -0.25) is 0 Å². The molecular weight excluding hydrogens is 238 g/mol. The fraction of sp³-hybridized carbons (Fsp3) is 0.0625. The first-order valence-electron chi connectivity index (χ1n) is 6.08. The van der Waals surface area contributed by atoms with Gasteiger partial charge in [-0.05, 0) is 17.7 Å². The zero-order valence-electron chi connectivity index (χ0n) is 10.3. The topological polar surface area (TPSA) is 46.3 Å². The number of aliphatic hydroxyl groups excluding tert-OH is 1. The minimum atomic E-state index is 0.0428. The van der Waals surface area contributed by atoms with E-state index in [1.807, 2.05) is 54.6 Å². The summed E-state index contributed by atoms with van der Waals surface area (Å²) in [7, 11) is 0. The Balaban J connectivity index is 1.92. The molecule has 0 amide bonds. The Morgan fingerprint density at radius 2 is 1.63 bits per heavy atom. The fourth-order valence-corrected chi connectivity index (χ4v) is 1.90. The largest absolute Gasteiger partial charge is 0.436 e. The molecule has 0 radical (unpaired) electrons. The van der Waals surface area contributed by atoms with Crippen LogP contribution < -0.4 is 0 Å². The van der Waals surface area contributed by atoms with Gasteiger partial charge in [-0.2, -0.15) is 0 Å². The van der Waals surface area contributed by atoms with Crippen LogP contribution in [0, 0.1) is 0 Å².